The van der Waals surface area contributed by atoms with E-state index in [0.29, 0.717) is 0 Å². The number of aromatic amines is 1. The van der Waals surface area contributed by atoms with Crippen LogP contribution in [0.25, 0.3) is 22.2 Å². The molecule has 5 aromatic rings. The van der Waals surface area contributed by atoms with Crippen LogP contribution in [0.1, 0.15) is 17.0 Å². The van der Waals surface area contributed by atoms with Gasteiger partial charge in [-0.2, -0.15) is 0 Å². The number of para-hydroxylation sites is 1. The highest BCUT2D eigenvalue weighted by Gasteiger charge is 2.17. The molecule has 0 atom stereocenters. The van der Waals surface area contributed by atoms with Crippen molar-refractivity contribution < 1.29 is 0 Å². The maximum absolute atomic E-state index is 4.85. The first-order valence-electron chi connectivity index (χ1n) is 12.9. The summed E-state index contributed by atoms with van der Waals surface area (Å²) >= 11 is 0. The Morgan fingerprint density at radius 1 is 0.667 bits per heavy atom. The third kappa shape index (κ3) is 5.19. The van der Waals surface area contributed by atoms with Crippen molar-refractivity contribution in [3.63, 3.8) is 0 Å². The largest absolute Gasteiger partial charge is 0.369 e. The standard InChI is InChI=1S/C32H32N4/c1-3-7-27(8-4-1)28-14-11-25(12-15-28)24-32-33-30-16-13-26(23-31(30)34-32)17-18-35-19-21-36(22-20-35)29-9-5-2-6-10-29/h1-16,23H,17-22,24H2,(H,33,34). The van der Waals surface area contributed by atoms with Gasteiger partial charge in [0.05, 0.1) is 11.0 Å². The predicted octanol–water partition coefficient (Wildman–Crippen LogP) is 6.19. The molecule has 0 amide bonds. The molecule has 0 saturated carbocycles. The zero-order chi connectivity index (χ0) is 24.2. The van der Waals surface area contributed by atoms with Crippen LogP contribution in [0, 0.1) is 0 Å². The maximum Gasteiger partial charge on any atom is 0.111 e. The fourth-order valence-corrected chi connectivity index (χ4v) is 5.14. The van der Waals surface area contributed by atoms with E-state index in [1.54, 1.807) is 0 Å². The smallest absolute Gasteiger partial charge is 0.111 e. The fourth-order valence-electron chi connectivity index (χ4n) is 5.14. The van der Waals surface area contributed by atoms with Crippen molar-refractivity contribution in [1.29, 1.82) is 0 Å². The minimum atomic E-state index is 0.810. The number of hydrogen-bond donors (Lipinski definition) is 1. The third-order valence-electron chi connectivity index (χ3n) is 7.24. The lowest BCUT2D eigenvalue weighted by atomic mass is 10.0. The highest BCUT2D eigenvalue weighted by molar-refractivity contribution is 5.76. The summed E-state index contributed by atoms with van der Waals surface area (Å²) < 4.78 is 0. The number of imidazole rings is 1. The molecule has 1 aromatic heterocycles. The molecule has 4 heteroatoms. The molecule has 1 N–H and O–H groups in total. The van der Waals surface area contributed by atoms with Crippen molar-refractivity contribution in [2.75, 3.05) is 37.6 Å². The van der Waals surface area contributed by atoms with Gasteiger partial charge in [-0.25, -0.2) is 4.98 Å². The molecule has 6 rings (SSSR count). The Morgan fingerprint density at radius 2 is 1.33 bits per heavy atom. The maximum atomic E-state index is 4.85. The summed E-state index contributed by atoms with van der Waals surface area (Å²) in [6.45, 7) is 5.53. The zero-order valence-corrected chi connectivity index (χ0v) is 20.6. The first-order chi connectivity index (χ1) is 17.8. The van der Waals surface area contributed by atoms with Crippen molar-refractivity contribution >= 4 is 16.7 Å². The van der Waals surface area contributed by atoms with Crippen LogP contribution in [-0.2, 0) is 12.8 Å². The predicted molar refractivity (Wildman–Crippen MR) is 150 cm³/mol. The number of benzene rings is 4. The average molecular weight is 473 g/mol. The Kier molecular flexibility index (Phi) is 6.51. The molecule has 2 heterocycles. The van der Waals surface area contributed by atoms with Gasteiger partial charge in [-0.15, -0.1) is 0 Å². The zero-order valence-electron chi connectivity index (χ0n) is 20.6. The second-order valence-electron chi connectivity index (χ2n) is 9.69. The van der Waals surface area contributed by atoms with Crippen LogP contribution in [0.5, 0.6) is 0 Å². The van der Waals surface area contributed by atoms with E-state index in [0.717, 1.165) is 62.4 Å². The van der Waals surface area contributed by atoms with Crippen LogP contribution >= 0.6 is 0 Å². The van der Waals surface area contributed by atoms with Crippen LogP contribution in [0.2, 0.25) is 0 Å². The summed E-state index contributed by atoms with van der Waals surface area (Å²) in [6, 6.07) is 36.8. The van der Waals surface area contributed by atoms with Gasteiger partial charge in [-0.05, 0) is 52.9 Å². The summed E-state index contributed by atoms with van der Waals surface area (Å²) in [5, 5.41) is 0. The van der Waals surface area contributed by atoms with E-state index in [4.69, 9.17) is 4.98 Å². The third-order valence-corrected chi connectivity index (χ3v) is 7.24. The average Bonchev–Trinajstić information content (AvgIpc) is 3.35. The molecule has 1 aliphatic rings. The van der Waals surface area contributed by atoms with Crippen molar-refractivity contribution in [3.05, 3.63) is 120 Å². The Balaban J connectivity index is 1.05. The van der Waals surface area contributed by atoms with E-state index in [1.807, 2.05) is 0 Å². The molecule has 0 bridgehead atoms. The number of H-pyrrole nitrogens is 1. The van der Waals surface area contributed by atoms with E-state index in [2.05, 4.69) is 118 Å². The second-order valence-corrected chi connectivity index (χ2v) is 9.69. The fraction of sp³-hybridized carbons (Fsp3) is 0.219. The second kappa shape index (κ2) is 10.4. The summed E-state index contributed by atoms with van der Waals surface area (Å²) in [7, 11) is 0. The van der Waals surface area contributed by atoms with Gasteiger partial charge in [0, 0.05) is 44.8 Å². The van der Waals surface area contributed by atoms with Crippen molar-refractivity contribution in [3.8, 4) is 11.1 Å². The monoisotopic (exact) mass is 472 g/mol. The molecule has 36 heavy (non-hydrogen) atoms. The van der Waals surface area contributed by atoms with Gasteiger partial charge in [0.25, 0.3) is 0 Å². The lowest BCUT2D eigenvalue weighted by Gasteiger charge is -2.36. The summed E-state index contributed by atoms with van der Waals surface area (Å²) in [5.74, 6) is 1.02. The number of nitrogens with one attached hydrogen (secondary N) is 1. The van der Waals surface area contributed by atoms with Gasteiger partial charge >= 0.3 is 0 Å². The van der Waals surface area contributed by atoms with Gasteiger partial charge < -0.3 is 9.88 Å². The molecule has 1 fully saturated rings. The SMILES string of the molecule is c1ccc(-c2ccc(Cc3nc4ccc(CCN5CCN(c6ccccc6)CC5)cc4[nH]3)cc2)cc1. The summed E-state index contributed by atoms with van der Waals surface area (Å²) in [6.07, 6.45) is 1.88. The minimum absolute atomic E-state index is 0.810. The molecule has 1 aliphatic heterocycles. The molecular formula is C32H32N4. The highest BCUT2D eigenvalue weighted by atomic mass is 15.3. The van der Waals surface area contributed by atoms with Gasteiger partial charge in [0.1, 0.15) is 5.82 Å². The van der Waals surface area contributed by atoms with Crippen LogP contribution in [-0.4, -0.2) is 47.6 Å². The lowest BCUT2D eigenvalue weighted by molar-refractivity contribution is 0.261. The Bertz CT molecular complexity index is 1400. The number of fused-ring (bicyclic) bond motifs is 1. The Morgan fingerprint density at radius 3 is 2.08 bits per heavy atom. The van der Waals surface area contributed by atoms with E-state index in [9.17, 15) is 0 Å². The van der Waals surface area contributed by atoms with Gasteiger partial charge in [0.15, 0.2) is 0 Å². The first kappa shape index (κ1) is 22.6. The van der Waals surface area contributed by atoms with Crippen molar-refractivity contribution in [2.45, 2.75) is 12.8 Å². The topological polar surface area (TPSA) is 35.2 Å². The normalized spacial score (nSPS) is 14.4. The van der Waals surface area contributed by atoms with Crippen LogP contribution in [0.15, 0.2) is 103 Å². The van der Waals surface area contributed by atoms with Crippen molar-refractivity contribution in [2.24, 2.45) is 0 Å². The van der Waals surface area contributed by atoms with Gasteiger partial charge in [0.2, 0.25) is 0 Å². The quantitative estimate of drug-likeness (QED) is 0.307. The minimum Gasteiger partial charge on any atom is -0.369 e. The molecule has 0 aliphatic carbocycles. The molecule has 0 spiro atoms. The molecule has 180 valence electrons. The van der Waals surface area contributed by atoms with Gasteiger partial charge in [-0.3, -0.25) is 4.90 Å². The summed E-state index contributed by atoms with van der Waals surface area (Å²) in [5.41, 5.74) is 8.65. The molecule has 4 aromatic carbocycles. The highest BCUT2D eigenvalue weighted by Crippen LogP contribution is 2.22. The molecule has 4 nitrogen and oxygen atoms in total. The summed E-state index contributed by atoms with van der Waals surface area (Å²) in [4.78, 5) is 13.5. The van der Waals surface area contributed by atoms with Crippen LogP contribution < -0.4 is 4.90 Å². The van der Waals surface area contributed by atoms with Crippen molar-refractivity contribution in [1.82, 2.24) is 14.9 Å². The Hall–Kier alpha value is -3.89. The van der Waals surface area contributed by atoms with E-state index in [1.165, 1.54) is 27.9 Å². The number of piperazine rings is 1. The first-order valence-corrected chi connectivity index (χ1v) is 12.9. The van der Waals surface area contributed by atoms with E-state index in [-0.39, 0.29) is 0 Å². The number of nitrogens with zero attached hydrogens (tertiary/aromatic N) is 3. The van der Waals surface area contributed by atoms with Crippen LogP contribution in [0.3, 0.4) is 0 Å². The number of aromatic nitrogens is 2. The van der Waals surface area contributed by atoms with Crippen LogP contribution in [0.4, 0.5) is 5.69 Å². The van der Waals surface area contributed by atoms with E-state index < -0.39 is 0 Å². The van der Waals surface area contributed by atoms with Gasteiger partial charge in [-0.1, -0.05) is 78.9 Å². The number of rotatable bonds is 7. The Labute approximate surface area is 213 Å². The molecule has 0 radical (unpaired) electrons. The molecule has 1 saturated heterocycles. The lowest BCUT2D eigenvalue weighted by Crippen LogP contribution is -2.46. The molecular weight excluding hydrogens is 440 g/mol. The number of anilines is 1. The van der Waals surface area contributed by atoms with E-state index >= 15 is 0 Å². The molecule has 0 unspecified atom stereocenters. The number of hydrogen-bond acceptors (Lipinski definition) is 3.